The van der Waals surface area contributed by atoms with Gasteiger partial charge < -0.3 is 10.2 Å². The van der Waals surface area contributed by atoms with E-state index in [0.29, 0.717) is 43.4 Å². The Hall–Kier alpha value is -2.70. The molecule has 0 unspecified atom stereocenters. The lowest BCUT2D eigenvalue weighted by atomic mass is 10.2. The molecule has 0 bridgehead atoms. The average molecular weight is 339 g/mol. The Bertz CT molecular complexity index is 782. The summed E-state index contributed by atoms with van der Waals surface area (Å²) in [5.74, 6) is 0.394. The van der Waals surface area contributed by atoms with Crippen molar-refractivity contribution >= 4 is 11.8 Å². The second-order valence-electron chi connectivity index (χ2n) is 6.66. The van der Waals surface area contributed by atoms with Crippen LogP contribution in [0, 0.1) is 5.92 Å². The molecule has 1 aliphatic carbocycles. The fraction of sp³-hybridized carbons (Fsp3) is 0.444. The van der Waals surface area contributed by atoms with Crippen LogP contribution in [0.4, 0.5) is 0 Å². The van der Waals surface area contributed by atoms with Gasteiger partial charge in [0.25, 0.3) is 11.8 Å². The SMILES string of the molecule is O=C(NCCc1ccccn1)c1cc2n(n1)CCN(CC1CC1)C2=O. The predicted molar refractivity (Wildman–Crippen MR) is 91.1 cm³/mol. The maximum absolute atomic E-state index is 12.5. The highest BCUT2D eigenvalue weighted by atomic mass is 16.2. The van der Waals surface area contributed by atoms with Crippen molar-refractivity contribution in [3.63, 3.8) is 0 Å². The van der Waals surface area contributed by atoms with Crippen LogP contribution in [0.2, 0.25) is 0 Å². The van der Waals surface area contributed by atoms with Crippen LogP contribution in [-0.2, 0) is 13.0 Å². The van der Waals surface area contributed by atoms with E-state index >= 15 is 0 Å². The molecule has 0 atom stereocenters. The molecule has 2 amide bonds. The van der Waals surface area contributed by atoms with Crippen LogP contribution in [0.3, 0.4) is 0 Å². The zero-order valence-electron chi connectivity index (χ0n) is 14.0. The Kier molecular flexibility index (Phi) is 4.21. The first-order valence-electron chi connectivity index (χ1n) is 8.76. The third-order valence-corrected chi connectivity index (χ3v) is 4.67. The molecule has 1 saturated carbocycles. The number of rotatable bonds is 6. The Labute approximate surface area is 146 Å². The minimum Gasteiger partial charge on any atom is -0.350 e. The van der Waals surface area contributed by atoms with Crippen molar-refractivity contribution in [3.8, 4) is 0 Å². The van der Waals surface area contributed by atoms with E-state index in [1.165, 1.54) is 12.8 Å². The van der Waals surface area contributed by atoms with Gasteiger partial charge in [-0.25, -0.2) is 0 Å². The quantitative estimate of drug-likeness (QED) is 0.855. The topological polar surface area (TPSA) is 80.1 Å². The molecule has 4 rings (SSSR count). The van der Waals surface area contributed by atoms with Crippen molar-refractivity contribution in [1.29, 1.82) is 0 Å². The van der Waals surface area contributed by atoms with E-state index in [1.54, 1.807) is 16.9 Å². The highest BCUT2D eigenvalue weighted by Crippen LogP contribution is 2.30. The van der Waals surface area contributed by atoms with Gasteiger partial charge in [0.05, 0.1) is 6.54 Å². The molecule has 130 valence electrons. The molecule has 2 aromatic rings. The molecule has 1 aliphatic heterocycles. The number of hydrogen-bond donors (Lipinski definition) is 1. The Morgan fingerprint density at radius 2 is 2.16 bits per heavy atom. The summed E-state index contributed by atoms with van der Waals surface area (Å²) in [5.41, 5.74) is 1.75. The second kappa shape index (κ2) is 6.66. The van der Waals surface area contributed by atoms with Crippen molar-refractivity contribution in [3.05, 3.63) is 47.5 Å². The Balaban J connectivity index is 1.37. The van der Waals surface area contributed by atoms with Gasteiger partial charge in [-0.05, 0) is 30.9 Å². The van der Waals surface area contributed by atoms with Crippen molar-refractivity contribution in [2.75, 3.05) is 19.6 Å². The van der Waals surface area contributed by atoms with Gasteiger partial charge in [-0.3, -0.25) is 19.3 Å². The molecular weight excluding hydrogens is 318 g/mol. The van der Waals surface area contributed by atoms with E-state index in [0.717, 1.165) is 12.2 Å². The van der Waals surface area contributed by atoms with Crippen molar-refractivity contribution < 1.29 is 9.59 Å². The van der Waals surface area contributed by atoms with Crippen LogP contribution < -0.4 is 5.32 Å². The summed E-state index contributed by atoms with van der Waals surface area (Å²) in [6.45, 7) is 2.63. The van der Waals surface area contributed by atoms with Gasteiger partial charge in [-0.1, -0.05) is 6.07 Å². The molecule has 7 heteroatoms. The van der Waals surface area contributed by atoms with Gasteiger partial charge in [0.15, 0.2) is 5.69 Å². The van der Waals surface area contributed by atoms with Crippen LogP contribution in [-0.4, -0.2) is 51.1 Å². The molecule has 25 heavy (non-hydrogen) atoms. The first kappa shape index (κ1) is 15.8. The maximum Gasteiger partial charge on any atom is 0.272 e. The molecule has 2 aromatic heterocycles. The summed E-state index contributed by atoms with van der Waals surface area (Å²) in [6.07, 6.45) is 4.83. The third-order valence-electron chi connectivity index (χ3n) is 4.67. The second-order valence-corrected chi connectivity index (χ2v) is 6.66. The van der Waals surface area contributed by atoms with Gasteiger partial charge in [0, 0.05) is 44.0 Å². The summed E-state index contributed by atoms with van der Waals surface area (Å²) >= 11 is 0. The molecular formula is C18H21N5O2. The van der Waals surface area contributed by atoms with Gasteiger partial charge >= 0.3 is 0 Å². The molecule has 3 heterocycles. The van der Waals surface area contributed by atoms with Crippen LogP contribution in [0.5, 0.6) is 0 Å². The normalized spacial score (nSPS) is 16.6. The minimum atomic E-state index is -0.251. The smallest absolute Gasteiger partial charge is 0.272 e. The van der Waals surface area contributed by atoms with Crippen LogP contribution in [0.25, 0.3) is 0 Å². The van der Waals surface area contributed by atoms with Crippen LogP contribution in [0.1, 0.15) is 39.5 Å². The summed E-state index contributed by atoms with van der Waals surface area (Å²) in [7, 11) is 0. The van der Waals surface area contributed by atoms with Gasteiger partial charge in [0.1, 0.15) is 5.69 Å². The fourth-order valence-electron chi connectivity index (χ4n) is 3.08. The standard InChI is InChI=1S/C18H21N5O2/c24-17(20-8-6-14-3-1-2-7-19-14)15-11-16-18(25)22(12-13-4-5-13)9-10-23(16)21-15/h1-3,7,11,13H,4-6,8-10,12H2,(H,20,24). The number of hydrogen-bond acceptors (Lipinski definition) is 4. The molecule has 0 saturated heterocycles. The monoisotopic (exact) mass is 339 g/mol. The number of pyridine rings is 1. The number of amides is 2. The predicted octanol–water partition coefficient (Wildman–Crippen LogP) is 1.12. The lowest BCUT2D eigenvalue weighted by molar-refractivity contribution is 0.0688. The zero-order chi connectivity index (χ0) is 17.2. The number of aromatic nitrogens is 3. The van der Waals surface area contributed by atoms with Crippen molar-refractivity contribution in [2.45, 2.75) is 25.8 Å². The molecule has 0 aromatic carbocycles. The van der Waals surface area contributed by atoms with E-state index in [9.17, 15) is 9.59 Å². The number of nitrogens with zero attached hydrogens (tertiary/aromatic N) is 4. The van der Waals surface area contributed by atoms with Gasteiger partial charge in [-0.15, -0.1) is 0 Å². The molecule has 1 N–H and O–H groups in total. The number of fused-ring (bicyclic) bond motifs is 1. The largest absolute Gasteiger partial charge is 0.350 e. The average Bonchev–Trinajstić information content (AvgIpc) is 3.33. The molecule has 7 nitrogen and oxygen atoms in total. The van der Waals surface area contributed by atoms with Gasteiger partial charge in [-0.2, -0.15) is 5.10 Å². The van der Waals surface area contributed by atoms with Crippen LogP contribution >= 0.6 is 0 Å². The highest BCUT2D eigenvalue weighted by Gasteiger charge is 2.32. The van der Waals surface area contributed by atoms with Crippen LogP contribution in [0.15, 0.2) is 30.5 Å². The van der Waals surface area contributed by atoms with Gasteiger partial charge in [0.2, 0.25) is 0 Å². The lowest BCUT2D eigenvalue weighted by Crippen LogP contribution is -2.41. The van der Waals surface area contributed by atoms with E-state index in [1.807, 2.05) is 23.1 Å². The molecule has 2 aliphatic rings. The van der Waals surface area contributed by atoms with Crippen molar-refractivity contribution in [2.24, 2.45) is 5.92 Å². The number of nitrogens with one attached hydrogen (secondary N) is 1. The van der Waals surface area contributed by atoms with Crippen molar-refractivity contribution in [1.82, 2.24) is 25.0 Å². The minimum absolute atomic E-state index is 0.0156. The Morgan fingerprint density at radius 1 is 1.28 bits per heavy atom. The van der Waals surface area contributed by atoms with E-state index in [4.69, 9.17) is 0 Å². The zero-order valence-corrected chi connectivity index (χ0v) is 14.0. The maximum atomic E-state index is 12.5. The summed E-state index contributed by atoms with van der Waals surface area (Å²) in [6, 6.07) is 7.32. The molecule has 0 radical (unpaired) electrons. The van der Waals surface area contributed by atoms with E-state index < -0.39 is 0 Å². The molecule has 0 spiro atoms. The number of carbonyl (C=O) groups is 2. The summed E-state index contributed by atoms with van der Waals surface area (Å²) in [4.78, 5) is 30.9. The highest BCUT2D eigenvalue weighted by molar-refractivity contribution is 5.98. The fourth-order valence-corrected chi connectivity index (χ4v) is 3.08. The lowest BCUT2D eigenvalue weighted by Gasteiger charge is -2.27. The first-order chi connectivity index (χ1) is 12.2. The number of carbonyl (C=O) groups excluding carboxylic acids is 2. The molecule has 1 fully saturated rings. The summed E-state index contributed by atoms with van der Waals surface area (Å²) in [5, 5.41) is 7.14. The Morgan fingerprint density at radius 3 is 2.92 bits per heavy atom. The summed E-state index contributed by atoms with van der Waals surface area (Å²) < 4.78 is 1.65. The van der Waals surface area contributed by atoms with E-state index in [-0.39, 0.29) is 11.8 Å². The third kappa shape index (κ3) is 3.55. The van der Waals surface area contributed by atoms with E-state index in [2.05, 4.69) is 15.4 Å². The first-order valence-corrected chi connectivity index (χ1v) is 8.76.